The van der Waals surface area contributed by atoms with Crippen molar-refractivity contribution in [2.24, 2.45) is 28.1 Å². The number of carbonyl (C=O) groups excluding carboxylic acids is 1. The Kier molecular flexibility index (Phi) is 14.5. The fourth-order valence-electron chi connectivity index (χ4n) is 13.4. The first-order valence-corrected chi connectivity index (χ1v) is 23.2. The summed E-state index contributed by atoms with van der Waals surface area (Å²) in [7, 11) is 0. The van der Waals surface area contributed by atoms with Gasteiger partial charge in [0.05, 0.1) is 36.9 Å². The Bertz CT molecular complexity index is 1740. The van der Waals surface area contributed by atoms with Crippen molar-refractivity contribution in [3.05, 3.63) is 12.2 Å². The SMILES string of the molecule is C=C1C[C@@]23CC[C@H]4[C@@](C)(CCC[C@@]4(C)C(=O)O[C@@H]4O[C@H](CO)[C@@H](O)[C@H](O)[C@H]4O)[C@@H]2CC[C@]1(O[C@@H]1O[C@H](CO)[C@@H](O)[C@H](O[C@@H]2O[C@H](CO)[C@@H](O)[C@H](O)[C@H]2O[C@@H]2O[C@@H](C)[C@H](O)[C@@H](O)[C@H]2O)[C@H]1O)C3. The summed E-state index contributed by atoms with van der Waals surface area (Å²) in [4.78, 5) is 14.2. The van der Waals surface area contributed by atoms with Crippen molar-refractivity contribution in [2.45, 2.75) is 207 Å². The van der Waals surface area contributed by atoms with Gasteiger partial charge in [0.25, 0.3) is 0 Å². The number of hydrogen-bond donors (Lipinski definition) is 13. The van der Waals surface area contributed by atoms with Crippen LogP contribution >= 0.6 is 0 Å². The van der Waals surface area contributed by atoms with Gasteiger partial charge in [-0.3, -0.25) is 4.79 Å². The van der Waals surface area contributed by atoms with Crippen molar-refractivity contribution < 1.29 is 109 Å². The molecule has 0 amide bonds. The van der Waals surface area contributed by atoms with E-state index in [4.69, 9.17) is 37.9 Å². The van der Waals surface area contributed by atoms with Crippen LogP contribution in [-0.4, -0.2) is 221 Å². The average Bonchev–Trinajstić information content (AvgIpc) is 3.48. The van der Waals surface area contributed by atoms with E-state index in [1.54, 1.807) is 0 Å². The second-order valence-corrected chi connectivity index (χ2v) is 20.8. The van der Waals surface area contributed by atoms with Crippen LogP contribution in [0.2, 0.25) is 0 Å². The second kappa shape index (κ2) is 18.9. The Morgan fingerprint density at radius 1 is 0.606 bits per heavy atom. The van der Waals surface area contributed by atoms with E-state index in [-0.39, 0.29) is 22.7 Å². The fourth-order valence-corrected chi connectivity index (χ4v) is 13.4. The summed E-state index contributed by atoms with van der Waals surface area (Å²) in [5.74, 6) is -0.679. The first-order valence-electron chi connectivity index (χ1n) is 23.2. The van der Waals surface area contributed by atoms with Crippen molar-refractivity contribution in [3.63, 3.8) is 0 Å². The lowest BCUT2D eigenvalue weighted by molar-refractivity contribution is -0.391. The van der Waals surface area contributed by atoms with Crippen molar-refractivity contribution in [2.75, 3.05) is 19.8 Å². The standard InChI is InChI=1S/C44H70O22/c1-17-12-43-10-6-22-41(3,8-5-9-42(22,4)40(58)65-37-32(56)29(53)25(49)19(13-45)60-37)23(43)7-11-44(17,16-43)66-38-33(57)34(27(51)21(15-47)61-38)63-39-35(30(54)26(50)20(14-46)62-39)64-36-31(55)28(52)24(48)18(2)59-36/h18-39,45-57H,1,5-16H2,2-4H3/t18-,19+,20+,21+,22-,23-,24-,25+,26+,27+,28+,29-,30-,31+,32+,33+,34-,35+,36-,37-,38-,39-,41+,42+,43+,44-/m0/s1. The number of aliphatic hydroxyl groups is 13. The maximum absolute atomic E-state index is 14.2. The third kappa shape index (κ3) is 8.30. The van der Waals surface area contributed by atoms with Gasteiger partial charge >= 0.3 is 5.97 Å². The predicted octanol–water partition coefficient (Wildman–Crippen LogP) is -4.09. The molecule has 4 aliphatic carbocycles. The number of fused-ring (bicyclic) bond motifs is 3. The van der Waals surface area contributed by atoms with Crippen LogP contribution in [-0.2, 0) is 42.7 Å². The van der Waals surface area contributed by atoms with Crippen LogP contribution in [0, 0.1) is 28.1 Å². The number of esters is 1. The molecule has 13 N–H and O–H groups in total. The van der Waals surface area contributed by atoms with Gasteiger partial charge in [-0.15, -0.1) is 0 Å². The molecule has 8 rings (SSSR count). The van der Waals surface area contributed by atoms with Gasteiger partial charge in [-0.1, -0.05) is 19.9 Å². The molecule has 4 saturated carbocycles. The molecular formula is C44H70O22. The first kappa shape index (κ1) is 50.8. The van der Waals surface area contributed by atoms with Crippen LogP contribution in [0.4, 0.5) is 0 Å². The number of aliphatic hydroxyl groups excluding tert-OH is 13. The molecule has 0 radical (unpaired) electrons. The van der Waals surface area contributed by atoms with Gasteiger partial charge in [0.2, 0.25) is 6.29 Å². The van der Waals surface area contributed by atoms with E-state index in [0.29, 0.717) is 51.4 Å². The molecule has 378 valence electrons. The van der Waals surface area contributed by atoms with Gasteiger partial charge in [-0.25, -0.2) is 0 Å². The Hall–Kier alpha value is -1.59. The molecule has 1 spiro atoms. The summed E-state index contributed by atoms with van der Waals surface area (Å²) in [6, 6.07) is 0. The van der Waals surface area contributed by atoms with Gasteiger partial charge in [-0.05, 0) is 93.5 Å². The van der Waals surface area contributed by atoms with Crippen LogP contribution in [0.1, 0.15) is 78.6 Å². The Labute approximate surface area is 381 Å². The largest absolute Gasteiger partial charge is 0.432 e. The molecule has 4 heterocycles. The van der Waals surface area contributed by atoms with Gasteiger partial charge in [-0.2, -0.15) is 0 Å². The lowest BCUT2D eigenvalue weighted by atomic mass is 9.41. The van der Waals surface area contributed by atoms with E-state index in [0.717, 1.165) is 12.0 Å². The minimum Gasteiger partial charge on any atom is -0.432 e. The molecule has 0 unspecified atom stereocenters. The average molecular weight is 951 g/mol. The quantitative estimate of drug-likeness (QED) is 0.0532. The van der Waals surface area contributed by atoms with Gasteiger partial charge < -0.3 is 104 Å². The van der Waals surface area contributed by atoms with Gasteiger partial charge in [0.15, 0.2) is 18.9 Å². The smallest absolute Gasteiger partial charge is 0.314 e. The topological polar surface area (TPSA) is 354 Å². The van der Waals surface area contributed by atoms with E-state index >= 15 is 0 Å². The van der Waals surface area contributed by atoms with Crippen LogP contribution in [0.15, 0.2) is 12.2 Å². The van der Waals surface area contributed by atoms with Crippen LogP contribution in [0.25, 0.3) is 0 Å². The summed E-state index contributed by atoms with van der Waals surface area (Å²) in [5.41, 5.74) is -2.00. The molecule has 66 heavy (non-hydrogen) atoms. The molecule has 22 heteroatoms. The molecule has 26 atom stereocenters. The minimum atomic E-state index is -1.88. The first-order chi connectivity index (χ1) is 31.1. The Morgan fingerprint density at radius 3 is 1.83 bits per heavy atom. The Morgan fingerprint density at radius 2 is 1.17 bits per heavy atom. The van der Waals surface area contributed by atoms with Crippen molar-refractivity contribution in [3.8, 4) is 0 Å². The van der Waals surface area contributed by atoms with Gasteiger partial charge in [0.1, 0.15) is 91.6 Å². The highest BCUT2D eigenvalue weighted by Gasteiger charge is 2.69. The van der Waals surface area contributed by atoms with E-state index in [1.165, 1.54) is 6.92 Å². The summed E-state index contributed by atoms with van der Waals surface area (Å²) >= 11 is 0. The van der Waals surface area contributed by atoms with Crippen molar-refractivity contribution in [1.29, 1.82) is 0 Å². The third-order valence-corrected chi connectivity index (χ3v) is 17.0. The summed E-state index contributed by atoms with van der Waals surface area (Å²) in [5, 5.41) is 138. The maximum Gasteiger partial charge on any atom is 0.314 e. The molecule has 4 aliphatic heterocycles. The third-order valence-electron chi connectivity index (χ3n) is 17.0. The molecule has 8 aliphatic rings. The molecule has 0 aromatic rings. The zero-order chi connectivity index (χ0) is 48.0. The van der Waals surface area contributed by atoms with Gasteiger partial charge in [0, 0.05) is 0 Å². The predicted molar refractivity (Wildman–Crippen MR) is 218 cm³/mol. The van der Waals surface area contributed by atoms with Crippen molar-refractivity contribution >= 4 is 5.97 Å². The van der Waals surface area contributed by atoms with E-state index in [1.807, 2.05) is 6.92 Å². The van der Waals surface area contributed by atoms with Crippen LogP contribution in [0.5, 0.6) is 0 Å². The molecular weight excluding hydrogens is 880 g/mol. The number of ether oxygens (including phenoxy) is 8. The minimum absolute atomic E-state index is 0.0837. The second-order valence-electron chi connectivity index (χ2n) is 20.8. The van der Waals surface area contributed by atoms with E-state index in [9.17, 15) is 71.2 Å². The summed E-state index contributed by atoms with van der Waals surface area (Å²) in [6.45, 7) is 7.71. The molecule has 2 bridgehead atoms. The molecule has 22 nitrogen and oxygen atoms in total. The van der Waals surface area contributed by atoms with E-state index < -0.39 is 160 Å². The zero-order valence-corrected chi connectivity index (χ0v) is 37.4. The highest BCUT2D eigenvalue weighted by molar-refractivity contribution is 5.77. The maximum atomic E-state index is 14.2. The fraction of sp³-hybridized carbons (Fsp3) is 0.932. The summed E-state index contributed by atoms with van der Waals surface area (Å²) in [6.07, 6.45) is -27.1. The summed E-state index contributed by atoms with van der Waals surface area (Å²) < 4.78 is 47.4. The molecule has 4 saturated heterocycles. The number of carbonyl (C=O) groups is 1. The molecule has 0 aromatic heterocycles. The Balaban J connectivity index is 0.990. The van der Waals surface area contributed by atoms with E-state index in [2.05, 4.69) is 13.5 Å². The lowest BCUT2D eigenvalue weighted by Gasteiger charge is -2.64. The van der Waals surface area contributed by atoms with Crippen molar-refractivity contribution in [1.82, 2.24) is 0 Å². The number of rotatable bonds is 11. The normalized spacial score (nSPS) is 55.2. The lowest BCUT2D eigenvalue weighted by Crippen LogP contribution is -2.67. The van der Waals surface area contributed by atoms with Crippen LogP contribution in [0.3, 0.4) is 0 Å². The zero-order valence-electron chi connectivity index (χ0n) is 37.4. The highest BCUT2D eigenvalue weighted by Crippen LogP contribution is 2.73. The highest BCUT2D eigenvalue weighted by atomic mass is 16.8. The number of hydrogen-bond acceptors (Lipinski definition) is 22. The molecule has 0 aromatic carbocycles. The van der Waals surface area contributed by atoms with Crippen LogP contribution < -0.4 is 0 Å². The molecule has 8 fully saturated rings. The monoisotopic (exact) mass is 950 g/mol.